The molecule has 0 bridgehead atoms. The Hall–Kier alpha value is -0.930. The zero-order chi connectivity index (χ0) is 18.5. The lowest BCUT2D eigenvalue weighted by molar-refractivity contribution is -0.171. The SMILES string of the molecule is COCCOCCCOC1CC2OC3NC(=O)NC(=O)C3CC2CC1Cl. The molecule has 0 aromatic rings. The predicted octanol–water partition coefficient (Wildman–Crippen LogP) is 1.01. The largest absolute Gasteiger partial charge is 0.382 e. The first kappa shape index (κ1) is 19.8. The number of nitrogens with one attached hydrogen (secondary N) is 2. The van der Waals surface area contributed by atoms with Crippen molar-refractivity contribution in [1.82, 2.24) is 10.6 Å². The van der Waals surface area contributed by atoms with Gasteiger partial charge in [0.15, 0.2) is 0 Å². The summed E-state index contributed by atoms with van der Waals surface area (Å²) in [5, 5.41) is 4.89. The molecule has 26 heavy (non-hydrogen) atoms. The Morgan fingerprint density at radius 2 is 2.00 bits per heavy atom. The van der Waals surface area contributed by atoms with Crippen molar-refractivity contribution in [2.75, 3.05) is 33.5 Å². The van der Waals surface area contributed by atoms with E-state index in [0.717, 1.165) is 12.8 Å². The minimum atomic E-state index is -0.556. The van der Waals surface area contributed by atoms with Gasteiger partial charge in [-0.3, -0.25) is 10.1 Å². The smallest absolute Gasteiger partial charge is 0.323 e. The van der Waals surface area contributed by atoms with Crippen LogP contribution in [0, 0.1) is 11.8 Å². The molecule has 2 aliphatic heterocycles. The average molecular weight is 391 g/mol. The Morgan fingerprint density at radius 1 is 1.15 bits per heavy atom. The van der Waals surface area contributed by atoms with Crippen LogP contribution in [0.5, 0.6) is 0 Å². The molecule has 1 aliphatic carbocycles. The predicted molar refractivity (Wildman–Crippen MR) is 92.9 cm³/mol. The van der Waals surface area contributed by atoms with E-state index in [0.29, 0.717) is 39.3 Å². The van der Waals surface area contributed by atoms with E-state index in [-0.39, 0.29) is 35.3 Å². The number of hydrogen-bond donors (Lipinski definition) is 2. The van der Waals surface area contributed by atoms with E-state index < -0.39 is 12.3 Å². The maximum atomic E-state index is 12.0. The standard InChI is InChI=1S/C17H27ClN2O6/c1-23-5-6-24-3-2-4-25-14-9-13-10(8-12(14)18)7-11-15(21)19-17(22)20-16(11)26-13/h10-14,16H,2-9H2,1H3,(H2,19,20,21,22). The van der Waals surface area contributed by atoms with Crippen molar-refractivity contribution in [3.8, 4) is 0 Å². The Kier molecular flexibility index (Phi) is 7.11. The molecule has 3 amide bonds. The second-order valence-electron chi connectivity index (χ2n) is 7.02. The molecular formula is C17H27ClN2O6. The number of hydrogen-bond acceptors (Lipinski definition) is 6. The molecule has 3 fully saturated rings. The number of alkyl halides is 1. The van der Waals surface area contributed by atoms with Crippen LogP contribution in [0.2, 0.25) is 0 Å². The lowest BCUT2D eigenvalue weighted by atomic mass is 9.76. The van der Waals surface area contributed by atoms with Crippen molar-refractivity contribution >= 4 is 23.5 Å². The van der Waals surface area contributed by atoms with E-state index in [2.05, 4.69) is 10.6 Å². The zero-order valence-electron chi connectivity index (χ0n) is 14.9. The van der Waals surface area contributed by atoms with Gasteiger partial charge in [0.25, 0.3) is 0 Å². The monoisotopic (exact) mass is 390 g/mol. The Bertz CT molecular complexity index is 508. The third-order valence-corrected chi connectivity index (χ3v) is 5.67. The zero-order valence-corrected chi connectivity index (χ0v) is 15.7. The molecule has 0 aromatic heterocycles. The number of fused-ring (bicyclic) bond motifs is 2. The fraction of sp³-hybridized carbons (Fsp3) is 0.882. The van der Waals surface area contributed by atoms with E-state index in [1.165, 1.54) is 0 Å². The number of urea groups is 1. The summed E-state index contributed by atoms with van der Waals surface area (Å²) < 4.78 is 22.3. The molecule has 3 rings (SSSR count). The van der Waals surface area contributed by atoms with Gasteiger partial charge in [-0.2, -0.15) is 0 Å². The fourth-order valence-corrected chi connectivity index (χ4v) is 4.28. The minimum absolute atomic E-state index is 0.0552. The number of carbonyl (C=O) groups excluding carboxylic acids is 2. The summed E-state index contributed by atoms with van der Waals surface area (Å²) in [5.74, 6) is -0.411. The van der Waals surface area contributed by atoms with Gasteiger partial charge in [-0.05, 0) is 25.2 Å². The first-order chi connectivity index (χ1) is 12.6. The molecule has 148 valence electrons. The number of imide groups is 1. The van der Waals surface area contributed by atoms with Crippen LogP contribution < -0.4 is 10.6 Å². The van der Waals surface area contributed by atoms with Crippen molar-refractivity contribution in [1.29, 1.82) is 0 Å². The number of carbonyl (C=O) groups is 2. The van der Waals surface area contributed by atoms with E-state index in [9.17, 15) is 9.59 Å². The third kappa shape index (κ3) is 4.86. The molecule has 9 heteroatoms. The molecule has 3 aliphatic rings. The van der Waals surface area contributed by atoms with Gasteiger partial charge >= 0.3 is 6.03 Å². The summed E-state index contributed by atoms with van der Waals surface area (Å²) in [4.78, 5) is 23.5. The van der Waals surface area contributed by atoms with Crippen molar-refractivity contribution in [3.05, 3.63) is 0 Å². The van der Waals surface area contributed by atoms with Crippen LogP contribution >= 0.6 is 11.6 Å². The van der Waals surface area contributed by atoms with Gasteiger partial charge in [0.1, 0.15) is 6.23 Å². The number of methoxy groups -OCH3 is 1. The first-order valence-electron chi connectivity index (χ1n) is 9.17. The highest BCUT2D eigenvalue weighted by Gasteiger charge is 2.48. The highest BCUT2D eigenvalue weighted by Crippen LogP contribution is 2.41. The number of rotatable bonds is 8. The van der Waals surface area contributed by atoms with Crippen LogP contribution in [0.1, 0.15) is 25.7 Å². The van der Waals surface area contributed by atoms with Crippen LogP contribution in [-0.4, -0.2) is 69.3 Å². The number of amides is 3. The number of halogens is 1. The molecule has 6 unspecified atom stereocenters. The molecule has 0 aromatic carbocycles. The summed E-state index contributed by atoms with van der Waals surface area (Å²) in [5.41, 5.74) is 0. The number of ether oxygens (including phenoxy) is 4. The lowest BCUT2D eigenvalue weighted by Crippen LogP contribution is -2.64. The first-order valence-corrected chi connectivity index (χ1v) is 9.61. The van der Waals surface area contributed by atoms with Gasteiger partial charge < -0.3 is 24.3 Å². The second-order valence-corrected chi connectivity index (χ2v) is 7.58. The molecule has 2 heterocycles. The maximum Gasteiger partial charge on any atom is 0.323 e. The van der Waals surface area contributed by atoms with Gasteiger partial charge in [-0.15, -0.1) is 11.6 Å². The van der Waals surface area contributed by atoms with Crippen molar-refractivity contribution in [2.45, 2.75) is 49.5 Å². The quantitative estimate of drug-likeness (QED) is 0.474. The summed E-state index contributed by atoms with van der Waals surface area (Å²) in [6, 6.07) is -0.498. The van der Waals surface area contributed by atoms with Crippen LogP contribution in [0.3, 0.4) is 0 Å². The minimum Gasteiger partial charge on any atom is -0.382 e. The average Bonchev–Trinajstić information content (AvgIpc) is 2.60. The molecule has 8 nitrogen and oxygen atoms in total. The van der Waals surface area contributed by atoms with E-state index in [1.807, 2.05) is 0 Å². The molecule has 1 saturated carbocycles. The highest BCUT2D eigenvalue weighted by atomic mass is 35.5. The highest BCUT2D eigenvalue weighted by molar-refractivity contribution is 6.21. The van der Waals surface area contributed by atoms with Gasteiger partial charge in [0, 0.05) is 26.7 Å². The summed E-state index contributed by atoms with van der Waals surface area (Å²) in [6.45, 7) is 2.36. The molecule has 6 atom stereocenters. The van der Waals surface area contributed by atoms with Gasteiger partial charge in [0.05, 0.1) is 36.7 Å². The topological polar surface area (TPSA) is 95.1 Å². The van der Waals surface area contributed by atoms with Crippen LogP contribution in [0.15, 0.2) is 0 Å². The Morgan fingerprint density at radius 3 is 2.81 bits per heavy atom. The van der Waals surface area contributed by atoms with Crippen LogP contribution in [-0.2, 0) is 23.7 Å². The van der Waals surface area contributed by atoms with Crippen molar-refractivity contribution < 1.29 is 28.5 Å². The van der Waals surface area contributed by atoms with Gasteiger partial charge in [-0.1, -0.05) is 0 Å². The van der Waals surface area contributed by atoms with Crippen molar-refractivity contribution in [2.24, 2.45) is 11.8 Å². The lowest BCUT2D eigenvalue weighted by Gasteiger charge is -2.47. The Labute approximate surface area is 158 Å². The van der Waals surface area contributed by atoms with E-state index >= 15 is 0 Å². The maximum absolute atomic E-state index is 12.0. The van der Waals surface area contributed by atoms with Crippen LogP contribution in [0.4, 0.5) is 4.79 Å². The third-order valence-electron chi connectivity index (χ3n) is 5.21. The summed E-state index contributed by atoms with van der Waals surface area (Å²) in [6.07, 6.45) is 2.17. The Balaban J connectivity index is 1.44. The summed E-state index contributed by atoms with van der Waals surface area (Å²) >= 11 is 6.52. The molecule has 0 radical (unpaired) electrons. The van der Waals surface area contributed by atoms with Crippen LogP contribution in [0.25, 0.3) is 0 Å². The van der Waals surface area contributed by atoms with Gasteiger partial charge in [0.2, 0.25) is 5.91 Å². The normalized spacial score (nSPS) is 36.7. The molecule has 0 spiro atoms. The fourth-order valence-electron chi connectivity index (χ4n) is 3.87. The summed E-state index contributed by atoms with van der Waals surface area (Å²) in [7, 11) is 1.64. The van der Waals surface area contributed by atoms with E-state index in [4.69, 9.17) is 30.5 Å². The van der Waals surface area contributed by atoms with Gasteiger partial charge in [-0.25, -0.2) is 4.79 Å². The molecular weight excluding hydrogens is 364 g/mol. The second kappa shape index (κ2) is 9.32. The molecule has 2 N–H and O–H groups in total. The molecule has 2 saturated heterocycles. The van der Waals surface area contributed by atoms with E-state index in [1.54, 1.807) is 7.11 Å². The van der Waals surface area contributed by atoms with Crippen molar-refractivity contribution in [3.63, 3.8) is 0 Å².